The van der Waals surface area contributed by atoms with Crippen molar-refractivity contribution in [2.24, 2.45) is 0 Å². The number of nitriles is 1. The van der Waals surface area contributed by atoms with Crippen LogP contribution in [0.3, 0.4) is 0 Å². The van der Waals surface area contributed by atoms with Crippen LogP contribution in [0.5, 0.6) is 5.75 Å². The van der Waals surface area contributed by atoms with Crippen LogP contribution in [-0.4, -0.2) is 51.8 Å². The first-order chi connectivity index (χ1) is 16.5. The van der Waals surface area contributed by atoms with Crippen molar-refractivity contribution in [2.45, 2.75) is 17.7 Å². The highest BCUT2D eigenvalue weighted by Crippen LogP contribution is 2.47. The van der Waals surface area contributed by atoms with Crippen molar-refractivity contribution in [3.8, 4) is 11.8 Å². The molecular weight excluding hydrogens is 474 g/mol. The molecule has 34 heavy (non-hydrogen) atoms. The highest BCUT2D eigenvalue weighted by Gasteiger charge is 2.50. The third-order valence-electron chi connectivity index (χ3n) is 5.81. The van der Waals surface area contributed by atoms with Crippen LogP contribution < -0.4 is 9.64 Å². The SMILES string of the molecule is COc1cnc(Cl)c(C2=CC3C(S2)C(=O)N(c2cncc4ccccc24)C(=O)N3CCC#N)c1. The summed E-state index contributed by atoms with van der Waals surface area (Å²) in [7, 11) is 1.53. The second-order valence-corrected chi connectivity index (χ2v) is 9.25. The quantitative estimate of drug-likeness (QED) is 0.484. The predicted molar refractivity (Wildman–Crippen MR) is 131 cm³/mol. The molecule has 2 unspecified atom stereocenters. The van der Waals surface area contributed by atoms with Crippen LogP contribution in [0, 0.1) is 11.3 Å². The minimum absolute atomic E-state index is 0.139. The molecule has 3 amide bonds. The highest BCUT2D eigenvalue weighted by molar-refractivity contribution is 8.09. The summed E-state index contributed by atoms with van der Waals surface area (Å²) in [6, 6.07) is 10.3. The van der Waals surface area contributed by atoms with Gasteiger partial charge in [0.15, 0.2) is 0 Å². The summed E-state index contributed by atoms with van der Waals surface area (Å²) in [5, 5.41) is 10.4. The number of carbonyl (C=O) groups is 2. The van der Waals surface area contributed by atoms with Crippen molar-refractivity contribution in [3.05, 3.63) is 65.7 Å². The predicted octanol–water partition coefficient (Wildman–Crippen LogP) is 4.50. The molecule has 2 aromatic heterocycles. The molecule has 1 saturated heterocycles. The number of aromatic nitrogens is 2. The van der Waals surface area contributed by atoms with Gasteiger partial charge in [-0.05, 0) is 12.1 Å². The van der Waals surface area contributed by atoms with E-state index in [1.807, 2.05) is 30.3 Å². The largest absolute Gasteiger partial charge is 0.495 e. The summed E-state index contributed by atoms with van der Waals surface area (Å²) in [5.41, 5.74) is 1.04. The van der Waals surface area contributed by atoms with E-state index in [1.54, 1.807) is 17.2 Å². The normalized spacial score (nSPS) is 19.7. The number of halogens is 1. The first-order valence-electron chi connectivity index (χ1n) is 10.5. The van der Waals surface area contributed by atoms with Crippen molar-refractivity contribution in [1.82, 2.24) is 14.9 Å². The number of hydrogen-bond donors (Lipinski definition) is 0. The van der Waals surface area contributed by atoms with E-state index < -0.39 is 17.3 Å². The zero-order chi connectivity index (χ0) is 23.8. The molecule has 0 saturated carbocycles. The number of urea groups is 1. The average Bonchev–Trinajstić information content (AvgIpc) is 3.30. The van der Waals surface area contributed by atoms with Gasteiger partial charge in [0, 0.05) is 34.0 Å². The first-order valence-corrected chi connectivity index (χ1v) is 11.7. The highest BCUT2D eigenvalue weighted by atomic mass is 35.5. The summed E-state index contributed by atoms with van der Waals surface area (Å²) in [4.78, 5) is 39.3. The summed E-state index contributed by atoms with van der Waals surface area (Å²) < 4.78 is 5.28. The lowest BCUT2D eigenvalue weighted by Gasteiger charge is -2.41. The fourth-order valence-electron chi connectivity index (χ4n) is 4.20. The van der Waals surface area contributed by atoms with Crippen LogP contribution in [0.15, 0.2) is 55.0 Å². The lowest BCUT2D eigenvalue weighted by atomic mass is 10.0. The van der Waals surface area contributed by atoms with Gasteiger partial charge in [-0.2, -0.15) is 5.26 Å². The first kappa shape index (κ1) is 22.2. The van der Waals surface area contributed by atoms with Crippen LogP contribution in [0.2, 0.25) is 5.15 Å². The molecule has 10 heteroatoms. The molecule has 2 aliphatic rings. The van der Waals surface area contributed by atoms with Crippen LogP contribution in [0.1, 0.15) is 12.0 Å². The average molecular weight is 492 g/mol. The minimum Gasteiger partial charge on any atom is -0.495 e. The van der Waals surface area contributed by atoms with Crippen molar-refractivity contribution < 1.29 is 14.3 Å². The van der Waals surface area contributed by atoms with Gasteiger partial charge < -0.3 is 9.64 Å². The smallest absolute Gasteiger partial charge is 0.332 e. The van der Waals surface area contributed by atoms with Gasteiger partial charge in [-0.15, -0.1) is 11.8 Å². The Hall–Kier alpha value is -3.61. The maximum atomic E-state index is 13.7. The molecule has 4 heterocycles. The van der Waals surface area contributed by atoms with Gasteiger partial charge in [0.2, 0.25) is 0 Å². The van der Waals surface area contributed by atoms with E-state index in [2.05, 4.69) is 16.0 Å². The molecule has 0 radical (unpaired) electrons. The molecule has 1 aromatic carbocycles. The van der Waals surface area contributed by atoms with Gasteiger partial charge in [-0.1, -0.05) is 35.9 Å². The number of rotatable bonds is 5. The number of pyridine rings is 2. The number of benzene rings is 1. The van der Waals surface area contributed by atoms with E-state index >= 15 is 0 Å². The number of thioether (sulfide) groups is 1. The Balaban J connectivity index is 1.58. The Kier molecular flexibility index (Phi) is 5.86. The molecule has 170 valence electrons. The van der Waals surface area contributed by atoms with E-state index in [0.29, 0.717) is 17.0 Å². The molecule has 2 aliphatic heterocycles. The van der Waals surface area contributed by atoms with Crippen LogP contribution in [0.25, 0.3) is 15.7 Å². The Morgan fingerprint density at radius 1 is 1.24 bits per heavy atom. The Morgan fingerprint density at radius 3 is 2.85 bits per heavy atom. The Bertz CT molecular complexity index is 1380. The van der Waals surface area contributed by atoms with Crippen LogP contribution >= 0.6 is 23.4 Å². The molecular formula is C24H18ClN5O3S. The van der Waals surface area contributed by atoms with Crippen molar-refractivity contribution >= 4 is 56.7 Å². The summed E-state index contributed by atoms with van der Waals surface area (Å²) in [6.45, 7) is 0.187. The lowest BCUT2D eigenvalue weighted by molar-refractivity contribution is -0.119. The number of nitrogens with zero attached hydrogens (tertiary/aromatic N) is 5. The van der Waals surface area contributed by atoms with E-state index in [-0.39, 0.29) is 24.0 Å². The minimum atomic E-state index is -0.604. The summed E-state index contributed by atoms with van der Waals surface area (Å²) >= 11 is 7.68. The Labute approximate surface area is 204 Å². The number of hydrogen-bond acceptors (Lipinski definition) is 7. The molecule has 0 spiro atoms. The Morgan fingerprint density at radius 2 is 2.06 bits per heavy atom. The van der Waals surface area contributed by atoms with Crippen molar-refractivity contribution in [1.29, 1.82) is 5.26 Å². The maximum Gasteiger partial charge on any atom is 0.332 e. The number of amides is 3. The van der Waals surface area contributed by atoms with Gasteiger partial charge in [-0.3, -0.25) is 9.78 Å². The molecule has 2 atom stereocenters. The second kappa shape index (κ2) is 8.97. The summed E-state index contributed by atoms with van der Waals surface area (Å²) in [5.74, 6) is 0.188. The third-order valence-corrected chi connectivity index (χ3v) is 7.46. The van der Waals surface area contributed by atoms with Crippen molar-refractivity contribution in [3.63, 3.8) is 0 Å². The van der Waals surface area contributed by atoms with E-state index in [4.69, 9.17) is 16.3 Å². The number of fused-ring (bicyclic) bond motifs is 2. The zero-order valence-electron chi connectivity index (χ0n) is 18.0. The molecule has 3 aromatic rings. The van der Waals surface area contributed by atoms with Crippen LogP contribution in [0.4, 0.5) is 10.5 Å². The van der Waals surface area contributed by atoms with Crippen molar-refractivity contribution in [2.75, 3.05) is 18.6 Å². The van der Waals surface area contributed by atoms with Crippen LogP contribution in [-0.2, 0) is 4.79 Å². The van der Waals surface area contributed by atoms with E-state index in [1.165, 1.54) is 36.2 Å². The summed E-state index contributed by atoms with van der Waals surface area (Å²) in [6.07, 6.45) is 6.72. The number of ether oxygens (including phenoxy) is 1. The molecule has 8 nitrogen and oxygen atoms in total. The number of methoxy groups -OCH3 is 1. The zero-order valence-corrected chi connectivity index (χ0v) is 19.6. The molecule has 0 bridgehead atoms. The number of imide groups is 1. The van der Waals surface area contributed by atoms with Gasteiger partial charge in [0.1, 0.15) is 16.2 Å². The topological polar surface area (TPSA) is 99.4 Å². The lowest BCUT2D eigenvalue weighted by Crippen LogP contribution is -2.62. The molecule has 0 aliphatic carbocycles. The second-order valence-electron chi connectivity index (χ2n) is 7.71. The molecule has 0 N–H and O–H groups in total. The van der Waals surface area contributed by atoms with Gasteiger partial charge >= 0.3 is 6.03 Å². The fraction of sp³-hybridized carbons (Fsp3) is 0.208. The number of carbonyl (C=O) groups excluding carboxylic acids is 2. The van der Waals surface area contributed by atoms with Gasteiger partial charge in [0.25, 0.3) is 5.91 Å². The molecule has 5 rings (SSSR count). The molecule has 1 fully saturated rings. The third kappa shape index (κ3) is 3.65. The van der Waals surface area contributed by atoms with E-state index in [0.717, 1.165) is 15.7 Å². The maximum absolute atomic E-state index is 13.7. The fourth-order valence-corrected chi connectivity index (χ4v) is 5.80. The van der Waals surface area contributed by atoms with Gasteiger partial charge in [-0.25, -0.2) is 14.7 Å². The monoisotopic (exact) mass is 491 g/mol. The van der Waals surface area contributed by atoms with E-state index in [9.17, 15) is 14.9 Å². The standard InChI is InChI=1S/C24H18ClN5O3S/c1-33-15-9-17(22(25)28-12-15)20-10-18-21(34-20)23(31)30(24(32)29(18)8-4-7-26)19-13-27-11-14-5-2-3-6-16(14)19/h2-3,5-6,9-13,18,21H,4,8H2,1H3. The number of anilines is 1. The van der Waals surface area contributed by atoms with Gasteiger partial charge in [0.05, 0.1) is 43.7 Å².